The number of aromatic nitrogens is 2. The third kappa shape index (κ3) is 4.74. The van der Waals surface area contributed by atoms with Crippen LogP contribution in [-0.4, -0.2) is 37.5 Å². The van der Waals surface area contributed by atoms with Crippen molar-refractivity contribution in [3.63, 3.8) is 0 Å². The summed E-state index contributed by atoms with van der Waals surface area (Å²) in [6.45, 7) is 1.98. The van der Waals surface area contributed by atoms with E-state index in [0.29, 0.717) is 18.1 Å². The van der Waals surface area contributed by atoms with Gasteiger partial charge in [0, 0.05) is 6.42 Å². The van der Waals surface area contributed by atoms with E-state index in [1.807, 2.05) is 6.92 Å². The van der Waals surface area contributed by atoms with Crippen LogP contribution in [0.2, 0.25) is 0 Å². The minimum absolute atomic E-state index is 0.195. The molecule has 1 heterocycles. The second kappa shape index (κ2) is 7.00. The van der Waals surface area contributed by atoms with Crippen LogP contribution in [0.3, 0.4) is 0 Å². The molecule has 0 bridgehead atoms. The molecular formula is C10H14N2O5S. The lowest BCUT2D eigenvalue weighted by Crippen LogP contribution is -2.20. The largest absolute Gasteiger partial charge is 0.481 e. The van der Waals surface area contributed by atoms with Crippen molar-refractivity contribution < 1.29 is 24.3 Å². The van der Waals surface area contributed by atoms with Gasteiger partial charge in [-0.05, 0) is 6.42 Å². The molecule has 100 valence electrons. The standard InChI is InChI=1S/C10H14N2O5S/c1-2-3-7-11-8(17-12-7)5-18-6(10(15)16)4-9(13)14/h6H,2-5H2,1H3,(H,13,14)(H,15,16)/t6-/m0/s1. The van der Waals surface area contributed by atoms with Crippen LogP contribution in [0.1, 0.15) is 31.5 Å². The number of aryl methyl sites for hydroxylation is 1. The highest BCUT2D eigenvalue weighted by Gasteiger charge is 2.22. The molecule has 0 radical (unpaired) electrons. The van der Waals surface area contributed by atoms with Crippen LogP contribution in [0.4, 0.5) is 0 Å². The molecule has 7 nitrogen and oxygen atoms in total. The van der Waals surface area contributed by atoms with Gasteiger partial charge in [0.05, 0.1) is 12.2 Å². The van der Waals surface area contributed by atoms with Crippen LogP contribution in [-0.2, 0) is 21.8 Å². The van der Waals surface area contributed by atoms with E-state index >= 15 is 0 Å². The van der Waals surface area contributed by atoms with E-state index in [1.54, 1.807) is 0 Å². The first-order valence-electron chi connectivity index (χ1n) is 5.40. The van der Waals surface area contributed by atoms with Crippen LogP contribution in [0.25, 0.3) is 0 Å². The van der Waals surface area contributed by atoms with Crippen LogP contribution in [0.15, 0.2) is 4.52 Å². The van der Waals surface area contributed by atoms with Gasteiger partial charge in [0.1, 0.15) is 5.25 Å². The Bertz CT molecular complexity index is 420. The van der Waals surface area contributed by atoms with Crippen LogP contribution < -0.4 is 0 Å². The lowest BCUT2D eigenvalue weighted by molar-refractivity contribution is -0.142. The molecule has 0 saturated carbocycles. The Labute approximate surface area is 108 Å². The van der Waals surface area contributed by atoms with Gasteiger partial charge in [-0.15, -0.1) is 11.8 Å². The fourth-order valence-electron chi connectivity index (χ4n) is 1.22. The highest BCUT2D eigenvalue weighted by Crippen LogP contribution is 2.20. The molecule has 0 spiro atoms. The lowest BCUT2D eigenvalue weighted by atomic mass is 10.3. The molecule has 1 aromatic rings. The third-order valence-corrected chi connectivity index (χ3v) is 3.21. The topological polar surface area (TPSA) is 114 Å². The molecular weight excluding hydrogens is 260 g/mol. The number of hydrogen-bond donors (Lipinski definition) is 2. The van der Waals surface area contributed by atoms with Gasteiger partial charge in [0.15, 0.2) is 5.82 Å². The van der Waals surface area contributed by atoms with Crippen molar-refractivity contribution in [2.24, 2.45) is 0 Å². The molecule has 0 saturated heterocycles. The molecule has 0 aliphatic carbocycles. The van der Waals surface area contributed by atoms with E-state index in [2.05, 4.69) is 10.1 Å². The first-order chi connectivity index (χ1) is 8.52. The van der Waals surface area contributed by atoms with Crippen molar-refractivity contribution in [3.8, 4) is 0 Å². The van der Waals surface area contributed by atoms with Gasteiger partial charge >= 0.3 is 11.9 Å². The first-order valence-corrected chi connectivity index (χ1v) is 6.45. The van der Waals surface area contributed by atoms with Gasteiger partial charge in [-0.25, -0.2) is 0 Å². The Balaban J connectivity index is 2.50. The summed E-state index contributed by atoms with van der Waals surface area (Å²) in [5.41, 5.74) is 0. The SMILES string of the molecule is CCCc1noc(CS[C@@H](CC(=O)O)C(=O)O)n1. The van der Waals surface area contributed by atoms with E-state index in [0.717, 1.165) is 18.2 Å². The highest BCUT2D eigenvalue weighted by atomic mass is 32.2. The van der Waals surface area contributed by atoms with Gasteiger partial charge in [-0.3, -0.25) is 9.59 Å². The minimum atomic E-state index is -1.16. The summed E-state index contributed by atoms with van der Waals surface area (Å²) < 4.78 is 4.93. The summed E-state index contributed by atoms with van der Waals surface area (Å²) in [6, 6.07) is 0. The maximum Gasteiger partial charge on any atom is 0.317 e. The van der Waals surface area contributed by atoms with E-state index in [-0.39, 0.29) is 5.75 Å². The fraction of sp³-hybridized carbons (Fsp3) is 0.600. The van der Waals surface area contributed by atoms with Crippen molar-refractivity contribution in [1.29, 1.82) is 0 Å². The molecule has 1 atom stereocenters. The minimum Gasteiger partial charge on any atom is -0.481 e. The zero-order valence-corrected chi connectivity index (χ0v) is 10.6. The summed E-state index contributed by atoms with van der Waals surface area (Å²) in [5.74, 6) is -1.21. The smallest absolute Gasteiger partial charge is 0.317 e. The van der Waals surface area contributed by atoms with Crippen LogP contribution in [0, 0.1) is 0 Å². The number of thioether (sulfide) groups is 1. The number of hydrogen-bond acceptors (Lipinski definition) is 6. The lowest BCUT2D eigenvalue weighted by Gasteiger charge is -2.06. The molecule has 0 amide bonds. The van der Waals surface area contributed by atoms with Crippen molar-refractivity contribution in [1.82, 2.24) is 10.1 Å². The summed E-state index contributed by atoms with van der Waals surface area (Å²) in [7, 11) is 0. The number of rotatable bonds is 8. The summed E-state index contributed by atoms with van der Waals surface area (Å²) in [5, 5.41) is 20.1. The number of carboxylic acids is 2. The molecule has 1 rings (SSSR count). The van der Waals surface area contributed by atoms with E-state index in [9.17, 15) is 9.59 Å². The number of aliphatic carboxylic acids is 2. The zero-order chi connectivity index (χ0) is 13.5. The van der Waals surface area contributed by atoms with E-state index in [1.165, 1.54) is 0 Å². The Morgan fingerprint density at radius 3 is 2.72 bits per heavy atom. The zero-order valence-electron chi connectivity index (χ0n) is 9.83. The Morgan fingerprint density at radius 2 is 2.17 bits per heavy atom. The average molecular weight is 274 g/mol. The predicted molar refractivity (Wildman–Crippen MR) is 63.3 cm³/mol. The van der Waals surface area contributed by atoms with Crippen molar-refractivity contribution in [2.45, 2.75) is 37.2 Å². The molecule has 0 aliphatic heterocycles. The maximum atomic E-state index is 10.8. The highest BCUT2D eigenvalue weighted by molar-refractivity contribution is 7.99. The van der Waals surface area contributed by atoms with Crippen LogP contribution >= 0.6 is 11.8 Å². The average Bonchev–Trinajstić information content (AvgIpc) is 2.72. The van der Waals surface area contributed by atoms with E-state index < -0.39 is 23.6 Å². The normalized spacial score (nSPS) is 12.3. The van der Waals surface area contributed by atoms with Gasteiger partial charge < -0.3 is 14.7 Å². The quantitative estimate of drug-likeness (QED) is 0.726. The van der Waals surface area contributed by atoms with Crippen molar-refractivity contribution in [3.05, 3.63) is 11.7 Å². The molecule has 18 heavy (non-hydrogen) atoms. The molecule has 0 fully saturated rings. The molecule has 0 aliphatic rings. The monoisotopic (exact) mass is 274 g/mol. The van der Waals surface area contributed by atoms with Gasteiger partial charge in [0.25, 0.3) is 0 Å². The second-order valence-electron chi connectivity index (χ2n) is 3.59. The van der Waals surface area contributed by atoms with Crippen molar-refractivity contribution in [2.75, 3.05) is 0 Å². The Hall–Kier alpha value is -1.57. The Kier molecular flexibility index (Phi) is 5.63. The molecule has 2 N–H and O–H groups in total. The summed E-state index contributed by atoms with van der Waals surface area (Å²) >= 11 is 0.966. The first kappa shape index (κ1) is 14.5. The molecule has 8 heteroatoms. The fourth-order valence-corrected chi connectivity index (χ4v) is 2.09. The molecule has 0 aromatic carbocycles. The summed E-state index contributed by atoms with van der Waals surface area (Å²) in [4.78, 5) is 25.4. The Morgan fingerprint density at radius 1 is 1.44 bits per heavy atom. The predicted octanol–water partition coefficient (Wildman–Crippen LogP) is 1.18. The summed E-state index contributed by atoms with van der Waals surface area (Å²) in [6.07, 6.45) is 1.16. The van der Waals surface area contributed by atoms with Gasteiger partial charge in [-0.1, -0.05) is 12.1 Å². The maximum absolute atomic E-state index is 10.8. The molecule has 0 unspecified atom stereocenters. The molecule has 1 aromatic heterocycles. The van der Waals surface area contributed by atoms with E-state index in [4.69, 9.17) is 14.7 Å². The second-order valence-corrected chi connectivity index (χ2v) is 4.78. The third-order valence-electron chi connectivity index (χ3n) is 2.03. The number of carboxylic acid groups (broad SMARTS) is 2. The number of carbonyl (C=O) groups is 2. The van der Waals surface area contributed by atoms with Crippen molar-refractivity contribution >= 4 is 23.7 Å². The number of nitrogens with zero attached hydrogens (tertiary/aromatic N) is 2. The van der Waals surface area contributed by atoms with Gasteiger partial charge in [-0.2, -0.15) is 4.98 Å². The van der Waals surface area contributed by atoms with Crippen LogP contribution in [0.5, 0.6) is 0 Å². The van der Waals surface area contributed by atoms with Gasteiger partial charge in [0.2, 0.25) is 5.89 Å².